The molecular formula is C31H24ClN3O6S2. The molecule has 0 radical (unpaired) electrons. The first-order valence-corrected chi connectivity index (χ1v) is 15.5. The minimum atomic E-state index is -0.825. The van der Waals surface area contributed by atoms with E-state index in [0.29, 0.717) is 31.9 Å². The highest BCUT2D eigenvalue weighted by molar-refractivity contribution is 8.00. The zero-order valence-electron chi connectivity index (χ0n) is 22.7. The van der Waals surface area contributed by atoms with E-state index in [0.717, 1.165) is 33.6 Å². The number of anilines is 2. The van der Waals surface area contributed by atoms with Crippen LogP contribution in [0.3, 0.4) is 0 Å². The molecule has 6 rings (SSSR count). The number of hydrogen-bond acceptors (Lipinski definition) is 8. The first-order valence-electron chi connectivity index (χ1n) is 13.4. The Morgan fingerprint density at radius 2 is 1.63 bits per heavy atom. The van der Waals surface area contributed by atoms with Gasteiger partial charge in [0.1, 0.15) is 11.8 Å². The van der Waals surface area contributed by atoms with Crippen LogP contribution in [0.25, 0.3) is 0 Å². The average Bonchev–Trinajstić information content (AvgIpc) is 3.45. The van der Waals surface area contributed by atoms with Crippen LogP contribution in [0, 0.1) is 5.92 Å². The first kappa shape index (κ1) is 28.9. The van der Waals surface area contributed by atoms with Crippen LogP contribution in [0.4, 0.5) is 11.4 Å². The number of thiazole rings is 1. The standard InChI is InChI=1S/C31H24ClN3O6S2/c1-2-41-30(39)18-8-14-21(15-9-18)35-27(37)24-23(17-6-4-3-5-7-17)26-29(42-25(24)28(35)38)34(31(40)43-26)16-22(36)33-20-12-10-19(32)11-13-20/h3-15,23-25H,2,16H2,1H3,(H,33,36). The van der Waals surface area contributed by atoms with Crippen molar-refractivity contribution in [1.29, 1.82) is 0 Å². The van der Waals surface area contributed by atoms with Gasteiger partial charge in [0, 0.05) is 21.5 Å². The Morgan fingerprint density at radius 1 is 0.930 bits per heavy atom. The van der Waals surface area contributed by atoms with Gasteiger partial charge in [-0.1, -0.05) is 65.0 Å². The predicted octanol–water partition coefficient (Wildman–Crippen LogP) is 5.17. The third kappa shape index (κ3) is 5.39. The molecule has 43 heavy (non-hydrogen) atoms. The van der Waals surface area contributed by atoms with Crippen molar-refractivity contribution in [3.05, 3.63) is 110 Å². The number of esters is 1. The smallest absolute Gasteiger partial charge is 0.338 e. The van der Waals surface area contributed by atoms with Crippen molar-refractivity contribution in [2.75, 3.05) is 16.8 Å². The average molecular weight is 634 g/mol. The van der Waals surface area contributed by atoms with Crippen LogP contribution in [0.5, 0.6) is 0 Å². The van der Waals surface area contributed by atoms with Gasteiger partial charge in [-0.15, -0.1) is 0 Å². The number of fused-ring (bicyclic) bond motifs is 2. The molecule has 3 atom stereocenters. The topological polar surface area (TPSA) is 115 Å². The second kappa shape index (κ2) is 11.8. The highest BCUT2D eigenvalue weighted by Crippen LogP contribution is 2.53. The Kier molecular flexibility index (Phi) is 7.95. The van der Waals surface area contributed by atoms with Gasteiger partial charge in [0.15, 0.2) is 0 Å². The Morgan fingerprint density at radius 3 is 2.30 bits per heavy atom. The number of aromatic nitrogens is 1. The summed E-state index contributed by atoms with van der Waals surface area (Å²) in [5, 5.41) is 2.97. The Labute approximate surface area is 259 Å². The Hall–Kier alpha value is -4.19. The lowest BCUT2D eigenvalue weighted by Crippen LogP contribution is -2.33. The van der Waals surface area contributed by atoms with Crippen molar-refractivity contribution in [3.63, 3.8) is 0 Å². The maximum absolute atomic E-state index is 14.0. The molecule has 3 unspecified atom stereocenters. The fraction of sp³-hybridized carbons (Fsp3) is 0.194. The summed E-state index contributed by atoms with van der Waals surface area (Å²) in [6.45, 7) is 1.67. The molecule has 3 heterocycles. The predicted molar refractivity (Wildman–Crippen MR) is 165 cm³/mol. The fourth-order valence-corrected chi connectivity index (χ4v) is 8.27. The van der Waals surface area contributed by atoms with E-state index in [1.54, 1.807) is 43.3 Å². The molecule has 0 saturated carbocycles. The van der Waals surface area contributed by atoms with Crippen molar-refractivity contribution >= 4 is 69.8 Å². The number of carbonyl (C=O) groups excluding carboxylic acids is 4. The number of rotatable bonds is 7. The number of amides is 3. The normalized spacial score (nSPS) is 19.1. The molecule has 1 saturated heterocycles. The molecule has 1 aromatic heterocycles. The molecule has 218 valence electrons. The molecule has 0 aliphatic carbocycles. The lowest BCUT2D eigenvalue weighted by Gasteiger charge is -2.30. The molecule has 2 aliphatic rings. The number of thioether (sulfide) groups is 1. The van der Waals surface area contributed by atoms with Gasteiger partial charge in [0.25, 0.3) is 0 Å². The van der Waals surface area contributed by atoms with Crippen LogP contribution in [0.1, 0.15) is 33.6 Å². The van der Waals surface area contributed by atoms with Gasteiger partial charge in [-0.3, -0.25) is 23.7 Å². The number of nitrogens with one attached hydrogen (secondary N) is 1. The third-order valence-electron chi connectivity index (χ3n) is 7.27. The van der Waals surface area contributed by atoms with Gasteiger partial charge >= 0.3 is 10.8 Å². The van der Waals surface area contributed by atoms with E-state index >= 15 is 0 Å². The van der Waals surface area contributed by atoms with Crippen LogP contribution >= 0.6 is 34.7 Å². The second-order valence-corrected chi connectivity index (χ2v) is 12.5. The largest absolute Gasteiger partial charge is 0.462 e. The molecular weight excluding hydrogens is 610 g/mol. The molecule has 0 bridgehead atoms. The van der Waals surface area contributed by atoms with E-state index in [4.69, 9.17) is 16.3 Å². The molecule has 3 aromatic carbocycles. The van der Waals surface area contributed by atoms with Gasteiger partial charge in [-0.25, -0.2) is 9.69 Å². The zero-order valence-corrected chi connectivity index (χ0v) is 25.1. The van der Waals surface area contributed by atoms with E-state index in [9.17, 15) is 24.0 Å². The third-order valence-corrected chi connectivity index (χ3v) is 10.1. The molecule has 1 fully saturated rings. The SMILES string of the molecule is CCOC(=O)c1ccc(N2C(=O)C3Sc4c(sc(=O)n4CC(=O)Nc4ccc(Cl)cc4)C(c4ccccc4)C3C2=O)cc1. The number of hydrogen-bond donors (Lipinski definition) is 1. The Balaban J connectivity index is 1.35. The summed E-state index contributed by atoms with van der Waals surface area (Å²) in [7, 11) is 0. The van der Waals surface area contributed by atoms with Gasteiger partial charge in [-0.05, 0) is 61.0 Å². The van der Waals surface area contributed by atoms with Crippen molar-refractivity contribution in [2.45, 2.75) is 29.7 Å². The van der Waals surface area contributed by atoms with Gasteiger partial charge < -0.3 is 10.1 Å². The van der Waals surface area contributed by atoms with Gasteiger partial charge in [0.2, 0.25) is 17.7 Å². The van der Waals surface area contributed by atoms with Crippen molar-refractivity contribution < 1.29 is 23.9 Å². The molecule has 4 aromatic rings. The number of imide groups is 1. The van der Waals surface area contributed by atoms with Crippen LogP contribution in [-0.2, 0) is 25.7 Å². The van der Waals surface area contributed by atoms with Gasteiger partial charge in [0.05, 0.1) is 28.8 Å². The van der Waals surface area contributed by atoms with Crippen molar-refractivity contribution in [1.82, 2.24) is 4.57 Å². The second-order valence-electron chi connectivity index (χ2n) is 9.91. The van der Waals surface area contributed by atoms with E-state index < -0.39 is 40.8 Å². The Bertz CT molecular complexity index is 1790. The summed E-state index contributed by atoms with van der Waals surface area (Å²) in [6.07, 6.45) is 0. The fourth-order valence-electron chi connectivity index (χ4n) is 5.37. The summed E-state index contributed by atoms with van der Waals surface area (Å²) in [5.41, 5.74) is 1.97. The summed E-state index contributed by atoms with van der Waals surface area (Å²) in [5.74, 6) is -3.07. The zero-order chi connectivity index (χ0) is 30.2. The molecule has 1 N–H and O–H groups in total. The van der Waals surface area contributed by atoms with Crippen LogP contribution in [0.2, 0.25) is 5.02 Å². The van der Waals surface area contributed by atoms with Crippen LogP contribution < -0.4 is 15.1 Å². The number of halogens is 1. The summed E-state index contributed by atoms with van der Waals surface area (Å²) >= 11 is 8.06. The number of benzene rings is 3. The molecule has 12 heteroatoms. The van der Waals surface area contributed by atoms with E-state index in [1.807, 2.05) is 30.3 Å². The maximum Gasteiger partial charge on any atom is 0.338 e. The van der Waals surface area contributed by atoms with E-state index in [2.05, 4.69) is 5.32 Å². The summed E-state index contributed by atoms with van der Waals surface area (Å²) in [4.78, 5) is 67.7. The van der Waals surface area contributed by atoms with Crippen molar-refractivity contribution in [2.24, 2.45) is 5.92 Å². The quantitative estimate of drug-likeness (QED) is 0.220. The van der Waals surface area contributed by atoms with Crippen LogP contribution in [-0.4, -0.2) is 40.1 Å². The lowest BCUT2D eigenvalue weighted by atomic mass is 9.83. The molecule has 3 amide bonds. The molecule has 0 spiro atoms. The molecule has 9 nitrogen and oxygen atoms in total. The minimum absolute atomic E-state index is 0.225. The molecule has 2 aliphatic heterocycles. The number of ether oxygens (including phenoxy) is 1. The van der Waals surface area contributed by atoms with E-state index in [-0.39, 0.29) is 18.0 Å². The summed E-state index contributed by atoms with van der Waals surface area (Å²) in [6, 6.07) is 22.0. The highest BCUT2D eigenvalue weighted by atomic mass is 35.5. The van der Waals surface area contributed by atoms with E-state index in [1.165, 1.54) is 16.7 Å². The lowest BCUT2D eigenvalue weighted by molar-refractivity contribution is -0.122. The summed E-state index contributed by atoms with van der Waals surface area (Å²) < 4.78 is 6.41. The maximum atomic E-state index is 14.0. The van der Waals surface area contributed by atoms with Crippen molar-refractivity contribution in [3.8, 4) is 0 Å². The minimum Gasteiger partial charge on any atom is -0.462 e. The van der Waals surface area contributed by atoms with Crippen LogP contribution in [0.15, 0.2) is 88.7 Å². The first-order chi connectivity index (χ1) is 20.8. The highest BCUT2D eigenvalue weighted by Gasteiger charge is 2.56. The number of carbonyl (C=O) groups is 4. The number of nitrogens with zero attached hydrogens (tertiary/aromatic N) is 2. The van der Waals surface area contributed by atoms with Gasteiger partial charge in [-0.2, -0.15) is 0 Å². The monoisotopic (exact) mass is 633 g/mol.